The largest absolute Gasteiger partial charge is 0.256 e. The van der Waals surface area contributed by atoms with Gasteiger partial charge in [0.15, 0.2) is 0 Å². The van der Waals surface area contributed by atoms with E-state index >= 15 is 0 Å². The van der Waals surface area contributed by atoms with Gasteiger partial charge in [-0.15, -0.1) is 0 Å². The number of hydrogen-bond acceptors (Lipinski definition) is 2. The van der Waals surface area contributed by atoms with Gasteiger partial charge in [-0.3, -0.25) is 9.97 Å². The molecule has 5 aromatic rings. The fourth-order valence-electron chi connectivity index (χ4n) is 4.29. The summed E-state index contributed by atoms with van der Waals surface area (Å²) < 4.78 is 0. The summed E-state index contributed by atoms with van der Waals surface area (Å²) in [4.78, 5) is 9.15. The minimum atomic E-state index is 0.998. The molecular weight excluding hydrogens is 412 g/mol. The Bertz CT molecular complexity index is 1330. The van der Waals surface area contributed by atoms with E-state index in [9.17, 15) is 0 Å². The first kappa shape index (κ1) is 21.8. The summed E-state index contributed by atoms with van der Waals surface area (Å²) >= 11 is 0. The van der Waals surface area contributed by atoms with Crippen molar-refractivity contribution in [1.29, 1.82) is 0 Å². The number of nitrogens with zero attached hydrogens (tertiary/aromatic N) is 2. The minimum Gasteiger partial charge on any atom is -0.256 e. The summed E-state index contributed by atoms with van der Waals surface area (Å²) in [6.07, 6.45) is 7.94. The molecule has 0 atom stereocenters. The lowest BCUT2D eigenvalue weighted by atomic mass is 9.98. The van der Waals surface area contributed by atoms with Crippen LogP contribution in [0.1, 0.15) is 22.3 Å². The average molecular weight is 441 g/mol. The SMILES string of the molecule is c1ccc(-c2ccc(CCc3cccc(CCc4cccc(-c5ccccn5)c4)c3)cn2)cc1. The van der Waals surface area contributed by atoms with Crippen LogP contribution in [0.15, 0.2) is 122 Å². The molecule has 0 saturated carbocycles. The molecule has 0 bridgehead atoms. The number of hydrogen-bond donors (Lipinski definition) is 0. The summed E-state index contributed by atoms with van der Waals surface area (Å²) in [7, 11) is 0. The van der Waals surface area contributed by atoms with Crippen molar-refractivity contribution in [1.82, 2.24) is 9.97 Å². The van der Waals surface area contributed by atoms with E-state index in [-0.39, 0.29) is 0 Å². The van der Waals surface area contributed by atoms with Crippen LogP contribution in [0.4, 0.5) is 0 Å². The topological polar surface area (TPSA) is 25.8 Å². The molecule has 0 radical (unpaired) electrons. The Morgan fingerprint density at radius 2 is 1.03 bits per heavy atom. The number of aryl methyl sites for hydroxylation is 4. The number of rotatable bonds is 8. The molecule has 5 rings (SSSR count). The Balaban J connectivity index is 1.18. The first-order valence-electron chi connectivity index (χ1n) is 11.9. The number of pyridine rings is 2. The van der Waals surface area contributed by atoms with E-state index in [0.717, 1.165) is 42.6 Å². The summed E-state index contributed by atoms with van der Waals surface area (Å²) in [5, 5.41) is 0. The van der Waals surface area contributed by atoms with E-state index in [2.05, 4.69) is 101 Å². The van der Waals surface area contributed by atoms with Crippen LogP contribution in [0, 0.1) is 0 Å². The molecule has 2 nitrogen and oxygen atoms in total. The second-order valence-corrected chi connectivity index (χ2v) is 8.65. The Morgan fingerprint density at radius 1 is 0.412 bits per heavy atom. The van der Waals surface area contributed by atoms with Crippen molar-refractivity contribution >= 4 is 0 Å². The molecule has 34 heavy (non-hydrogen) atoms. The Labute approximate surface area is 202 Å². The molecule has 0 N–H and O–H groups in total. The molecule has 166 valence electrons. The van der Waals surface area contributed by atoms with E-state index < -0.39 is 0 Å². The Morgan fingerprint density at radius 3 is 1.71 bits per heavy atom. The minimum absolute atomic E-state index is 0.998. The van der Waals surface area contributed by atoms with Gasteiger partial charge in [-0.2, -0.15) is 0 Å². The molecule has 0 aliphatic rings. The van der Waals surface area contributed by atoms with Crippen molar-refractivity contribution in [2.24, 2.45) is 0 Å². The third kappa shape index (κ3) is 5.65. The molecule has 0 saturated heterocycles. The fourth-order valence-corrected chi connectivity index (χ4v) is 4.29. The smallest absolute Gasteiger partial charge is 0.0702 e. The third-order valence-corrected chi connectivity index (χ3v) is 6.18. The quantitative estimate of drug-likeness (QED) is 0.251. The first-order chi connectivity index (χ1) is 16.8. The predicted octanol–water partition coefficient (Wildman–Crippen LogP) is 7.38. The summed E-state index contributed by atoms with van der Waals surface area (Å²) in [5.41, 5.74) is 9.78. The molecule has 2 heteroatoms. The zero-order valence-electron chi connectivity index (χ0n) is 19.3. The van der Waals surface area contributed by atoms with Gasteiger partial charge in [0.2, 0.25) is 0 Å². The fraction of sp³-hybridized carbons (Fsp3) is 0.125. The first-order valence-corrected chi connectivity index (χ1v) is 11.9. The van der Waals surface area contributed by atoms with Crippen molar-refractivity contribution in [2.45, 2.75) is 25.7 Å². The van der Waals surface area contributed by atoms with Crippen molar-refractivity contribution in [3.05, 3.63) is 144 Å². The third-order valence-electron chi connectivity index (χ3n) is 6.18. The molecule has 0 aliphatic heterocycles. The highest BCUT2D eigenvalue weighted by Crippen LogP contribution is 2.20. The Hall–Kier alpha value is -4.04. The average Bonchev–Trinajstić information content (AvgIpc) is 2.92. The highest BCUT2D eigenvalue weighted by atomic mass is 14.7. The van der Waals surface area contributed by atoms with Gasteiger partial charge >= 0.3 is 0 Å². The van der Waals surface area contributed by atoms with Gasteiger partial charge in [0.05, 0.1) is 11.4 Å². The Kier molecular flexibility index (Phi) is 6.87. The summed E-state index contributed by atoms with van der Waals surface area (Å²) in [6, 6.07) is 38.5. The van der Waals surface area contributed by atoms with Gasteiger partial charge in [-0.1, -0.05) is 84.9 Å². The molecule has 2 aromatic heterocycles. The van der Waals surface area contributed by atoms with Crippen molar-refractivity contribution in [3.8, 4) is 22.5 Å². The van der Waals surface area contributed by atoms with Gasteiger partial charge < -0.3 is 0 Å². The van der Waals surface area contributed by atoms with Crippen LogP contribution in [0.3, 0.4) is 0 Å². The van der Waals surface area contributed by atoms with Crippen LogP contribution >= 0.6 is 0 Å². The molecule has 0 fully saturated rings. The molecule has 0 amide bonds. The highest BCUT2D eigenvalue weighted by molar-refractivity contribution is 5.60. The zero-order valence-corrected chi connectivity index (χ0v) is 19.3. The molecule has 2 heterocycles. The highest BCUT2D eigenvalue weighted by Gasteiger charge is 2.04. The van der Waals surface area contributed by atoms with Gasteiger partial charge in [0.25, 0.3) is 0 Å². The molecule has 3 aromatic carbocycles. The standard InChI is InChI=1S/C32H28N2/c1-2-11-29(12-3-1)32-20-19-28(24-34-32)18-17-26-9-6-8-25(22-26)15-16-27-10-7-13-30(23-27)31-14-4-5-21-33-31/h1-14,19-24H,15-18H2. The van der Waals surface area contributed by atoms with Gasteiger partial charge in [0.1, 0.15) is 0 Å². The van der Waals surface area contributed by atoms with Crippen LogP contribution in [-0.4, -0.2) is 9.97 Å². The maximum atomic E-state index is 4.67. The second-order valence-electron chi connectivity index (χ2n) is 8.65. The van der Waals surface area contributed by atoms with Crippen LogP contribution in [0.5, 0.6) is 0 Å². The van der Waals surface area contributed by atoms with Gasteiger partial charge in [-0.05, 0) is 72.2 Å². The predicted molar refractivity (Wildman–Crippen MR) is 141 cm³/mol. The van der Waals surface area contributed by atoms with Crippen LogP contribution < -0.4 is 0 Å². The summed E-state index contributed by atoms with van der Waals surface area (Å²) in [5.74, 6) is 0. The van der Waals surface area contributed by atoms with Crippen LogP contribution in [0.25, 0.3) is 22.5 Å². The normalized spacial score (nSPS) is 10.8. The lowest BCUT2D eigenvalue weighted by Gasteiger charge is -2.08. The van der Waals surface area contributed by atoms with Gasteiger partial charge in [-0.25, -0.2) is 0 Å². The van der Waals surface area contributed by atoms with Crippen LogP contribution in [-0.2, 0) is 25.7 Å². The summed E-state index contributed by atoms with van der Waals surface area (Å²) in [6.45, 7) is 0. The van der Waals surface area contributed by atoms with Crippen molar-refractivity contribution < 1.29 is 0 Å². The number of benzene rings is 3. The van der Waals surface area contributed by atoms with E-state index in [1.54, 1.807) is 0 Å². The number of aromatic nitrogens is 2. The van der Waals surface area contributed by atoms with E-state index in [4.69, 9.17) is 0 Å². The van der Waals surface area contributed by atoms with E-state index in [1.807, 2.05) is 30.6 Å². The van der Waals surface area contributed by atoms with Crippen molar-refractivity contribution in [2.75, 3.05) is 0 Å². The maximum absolute atomic E-state index is 4.67. The van der Waals surface area contributed by atoms with Crippen LogP contribution in [0.2, 0.25) is 0 Å². The van der Waals surface area contributed by atoms with E-state index in [1.165, 1.54) is 27.8 Å². The molecule has 0 spiro atoms. The van der Waals surface area contributed by atoms with Crippen molar-refractivity contribution in [3.63, 3.8) is 0 Å². The van der Waals surface area contributed by atoms with Gasteiger partial charge in [0, 0.05) is 23.5 Å². The molecule has 0 unspecified atom stereocenters. The second kappa shape index (κ2) is 10.7. The lowest BCUT2D eigenvalue weighted by molar-refractivity contribution is 0.926. The molecular formula is C32H28N2. The van der Waals surface area contributed by atoms with E-state index in [0.29, 0.717) is 0 Å². The maximum Gasteiger partial charge on any atom is 0.0702 e. The monoisotopic (exact) mass is 440 g/mol. The lowest BCUT2D eigenvalue weighted by Crippen LogP contribution is -1.96. The molecule has 0 aliphatic carbocycles. The zero-order chi connectivity index (χ0) is 23.0.